The summed E-state index contributed by atoms with van der Waals surface area (Å²) in [4.78, 5) is 11.5. The standard InChI is InChI=1S/C11H15NO2S/c1-15(14)9-5-8-12-11(13)10-6-3-2-4-7-10/h2-4,6-7H,5,8-9H2,1H3,(H,12,13). The molecule has 1 atom stereocenters. The first-order chi connectivity index (χ1) is 7.20. The van der Waals surface area contributed by atoms with E-state index in [1.807, 2.05) is 18.2 Å². The molecule has 0 saturated heterocycles. The van der Waals surface area contributed by atoms with Crippen LogP contribution in [0.15, 0.2) is 30.3 Å². The van der Waals surface area contributed by atoms with Crippen molar-refractivity contribution in [1.82, 2.24) is 5.32 Å². The van der Waals surface area contributed by atoms with Gasteiger partial charge < -0.3 is 5.32 Å². The average Bonchev–Trinajstić information content (AvgIpc) is 2.25. The number of carbonyl (C=O) groups is 1. The summed E-state index contributed by atoms with van der Waals surface area (Å²) in [5.74, 6) is 0.562. The Labute approximate surface area is 92.3 Å². The molecule has 3 nitrogen and oxygen atoms in total. The molecule has 0 aromatic heterocycles. The van der Waals surface area contributed by atoms with Gasteiger partial charge in [0.1, 0.15) is 0 Å². The first-order valence-electron chi connectivity index (χ1n) is 4.83. The molecule has 1 aromatic carbocycles. The molecule has 0 aliphatic heterocycles. The highest BCUT2D eigenvalue weighted by Crippen LogP contribution is 1.97. The molecule has 0 spiro atoms. The molecule has 82 valence electrons. The molecule has 15 heavy (non-hydrogen) atoms. The molecule has 4 heteroatoms. The molecule has 0 heterocycles. The minimum atomic E-state index is -0.776. The maximum Gasteiger partial charge on any atom is 0.251 e. The van der Waals surface area contributed by atoms with E-state index in [-0.39, 0.29) is 5.91 Å². The smallest absolute Gasteiger partial charge is 0.251 e. The summed E-state index contributed by atoms with van der Waals surface area (Å²) < 4.78 is 10.8. The molecule has 1 amide bonds. The van der Waals surface area contributed by atoms with Crippen molar-refractivity contribution in [1.29, 1.82) is 0 Å². The van der Waals surface area contributed by atoms with Crippen molar-refractivity contribution in [2.75, 3.05) is 18.6 Å². The number of carbonyl (C=O) groups excluding carboxylic acids is 1. The van der Waals surface area contributed by atoms with Gasteiger partial charge in [0.2, 0.25) is 0 Å². The highest BCUT2D eigenvalue weighted by atomic mass is 32.2. The van der Waals surface area contributed by atoms with E-state index in [1.54, 1.807) is 18.4 Å². The highest BCUT2D eigenvalue weighted by Gasteiger charge is 2.02. The fraction of sp³-hybridized carbons (Fsp3) is 0.364. The summed E-state index contributed by atoms with van der Waals surface area (Å²) in [6, 6.07) is 9.07. The summed E-state index contributed by atoms with van der Waals surface area (Å²) in [7, 11) is -0.776. The van der Waals surface area contributed by atoms with Crippen LogP contribution in [0.5, 0.6) is 0 Å². The molecule has 1 N–H and O–H groups in total. The zero-order valence-corrected chi connectivity index (χ0v) is 9.55. The molecular formula is C11H15NO2S. The third-order valence-electron chi connectivity index (χ3n) is 1.93. The van der Waals surface area contributed by atoms with Crippen LogP contribution in [0.4, 0.5) is 0 Å². The maximum absolute atomic E-state index is 11.5. The Hall–Kier alpha value is -1.16. The quantitative estimate of drug-likeness (QED) is 0.765. The van der Waals surface area contributed by atoms with Crippen LogP contribution in [0.3, 0.4) is 0 Å². The first-order valence-corrected chi connectivity index (χ1v) is 6.56. The predicted octanol–water partition coefficient (Wildman–Crippen LogP) is 1.18. The fourth-order valence-electron chi connectivity index (χ4n) is 1.17. The molecule has 0 fully saturated rings. The van der Waals surface area contributed by atoms with Crippen LogP contribution in [0.1, 0.15) is 16.8 Å². The Morgan fingerprint density at radius 2 is 2.00 bits per heavy atom. The Morgan fingerprint density at radius 1 is 1.33 bits per heavy atom. The van der Waals surface area contributed by atoms with Crippen LogP contribution in [-0.2, 0) is 10.8 Å². The van der Waals surface area contributed by atoms with Crippen molar-refractivity contribution < 1.29 is 9.00 Å². The molecule has 0 bridgehead atoms. The lowest BCUT2D eigenvalue weighted by atomic mass is 10.2. The number of rotatable bonds is 5. The van der Waals surface area contributed by atoms with Crippen molar-refractivity contribution in [2.24, 2.45) is 0 Å². The van der Waals surface area contributed by atoms with Gasteiger partial charge in [-0.15, -0.1) is 0 Å². The summed E-state index contributed by atoms with van der Waals surface area (Å²) in [6.45, 7) is 0.577. The summed E-state index contributed by atoms with van der Waals surface area (Å²) >= 11 is 0. The van der Waals surface area contributed by atoms with Gasteiger partial charge in [0, 0.05) is 34.9 Å². The second-order valence-corrected chi connectivity index (χ2v) is 4.81. The Kier molecular flexibility index (Phi) is 5.04. The van der Waals surface area contributed by atoms with Crippen LogP contribution in [0.25, 0.3) is 0 Å². The van der Waals surface area contributed by atoms with Gasteiger partial charge in [-0.05, 0) is 18.6 Å². The van der Waals surface area contributed by atoms with E-state index < -0.39 is 10.8 Å². The molecule has 0 radical (unpaired) electrons. The lowest BCUT2D eigenvalue weighted by Gasteiger charge is -2.03. The van der Waals surface area contributed by atoms with E-state index in [9.17, 15) is 9.00 Å². The van der Waals surface area contributed by atoms with Gasteiger partial charge in [-0.25, -0.2) is 0 Å². The monoisotopic (exact) mass is 225 g/mol. The lowest BCUT2D eigenvalue weighted by molar-refractivity contribution is 0.0954. The molecule has 1 unspecified atom stereocenters. The van der Waals surface area contributed by atoms with Gasteiger partial charge in [-0.1, -0.05) is 18.2 Å². The van der Waals surface area contributed by atoms with Gasteiger partial charge >= 0.3 is 0 Å². The molecule has 0 aliphatic carbocycles. The summed E-state index contributed by atoms with van der Waals surface area (Å²) in [5, 5.41) is 2.78. The number of hydrogen-bond donors (Lipinski definition) is 1. The van der Waals surface area contributed by atoms with E-state index >= 15 is 0 Å². The maximum atomic E-state index is 11.5. The van der Waals surface area contributed by atoms with Crippen LogP contribution in [0.2, 0.25) is 0 Å². The number of nitrogens with one attached hydrogen (secondary N) is 1. The number of hydrogen-bond acceptors (Lipinski definition) is 2. The van der Waals surface area contributed by atoms with Gasteiger partial charge in [-0.2, -0.15) is 0 Å². The van der Waals surface area contributed by atoms with Crippen LogP contribution >= 0.6 is 0 Å². The minimum Gasteiger partial charge on any atom is -0.352 e. The van der Waals surface area contributed by atoms with E-state index in [2.05, 4.69) is 5.32 Å². The van der Waals surface area contributed by atoms with Crippen LogP contribution in [0, 0.1) is 0 Å². The predicted molar refractivity (Wildman–Crippen MR) is 62.3 cm³/mol. The largest absolute Gasteiger partial charge is 0.352 e. The van der Waals surface area contributed by atoms with Crippen LogP contribution < -0.4 is 5.32 Å². The minimum absolute atomic E-state index is 0.0718. The second-order valence-electron chi connectivity index (χ2n) is 3.25. The number of amides is 1. The van der Waals surface area contributed by atoms with Crippen molar-refractivity contribution >= 4 is 16.7 Å². The summed E-state index contributed by atoms with van der Waals surface area (Å²) in [5.41, 5.74) is 0.662. The average molecular weight is 225 g/mol. The van der Waals surface area contributed by atoms with E-state index in [0.717, 1.165) is 6.42 Å². The third-order valence-corrected chi connectivity index (χ3v) is 2.79. The van der Waals surface area contributed by atoms with Crippen molar-refractivity contribution in [2.45, 2.75) is 6.42 Å². The van der Waals surface area contributed by atoms with E-state index in [4.69, 9.17) is 0 Å². The normalized spacial score (nSPS) is 12.1. The third kappa shape index (κ3) is 4.74. The second kappa shape index (κ2) is 6.35. The zero-order valence-electron chi connectivity index (χ0n) is 8.73. The molecule has 0 saturated carbocycles. The first kappa shape index (κ1) is 11.9. The van der Waals surface area contributed by atoms with E-state index in [0.29, 0.717) is 17.9 Å². The van der Waals surface area contributed by atoms with E-state index in [1.165, 1.54) is 0 Å². The van der Waals surface area contributed by atoms with Gasteiger partial charge in [-0.3, -0.25) is 9.00 Å². The molecule has 1 rings (SSSR count). The number of benzene rings is 1. The van der Waals surface area contributed by atoms with Crippen molar-refractivity contribution in [3.05, 3.63) is 35.9 Å². The van der Waals surface area contributed by atoms with Crippen molar-refractivity contribution in [3.8, 4) is 0 Å². The van der Waals surface area contributed by atoms with Gasteiger partial charge in [0.15, 0.2) is 0 Å². The lowest BCUT2D eigenvalue weighted by Crippen LogP contribution is -2.25. The zero-order chi connectivity index (χ0) is 11.1. The Bertz CT molecular complexity index is 338. The highest BCUT2D eigenvalue weighted by molar-refractivity contribution is 7.84. The van der Waals surface area contributed by atoms with Crippen LogP contribution in [-0.4, -0.2) is 28.7 Å². The van der Waals surface area contributed by atoms with Crippen molar-refractivity contribution in [3.63, 3.8) is 0 Å². The van der Waals surface area contributed by atoms with Gasteiger partial charge in [0.05, 0.1) is 0 Å². The molecule has 1 aromatic rings. The SMILES string of the molecule is CS(=O)CCCNC(=O)c1ccccc1. The molecule has 0 aliphatic rings. The Morgan fingerprint density at radius 3 is 2.60 bits per heavy atom. The summed E-state index contributed by atoms with van der Waals surface area (Å²) in [6.07, 6.45) is 2.42. The topological polar surface area (TPSA) is 46.2 Å². The fourth-order valence-corrected chi connectivity index (χ4v) is 1.72. The molecular weight excluding hydrogens is 210 g/mol. The van der Waals surface area contributed by atoms with Gasteiger partial charge in [0.25, 0.3) is 5.91 Å². The Balaban J connectivity index is 2.28.